The van der Waals surface area contributed by atoms with Gasteiger partial charge in [0.25, 0.3) is 0 Å². The van der Waals surface area contributed by atoms with Crippen molar-refractivity contribution in [2.45, 2.75) is 39.3 Å². The van der Waals surface area contributed by atoms with Crippen molar-refractivity contribution in [1.82, 2.24) is 5.32 Å². The molecule has 1 aromatic carbocycles. The normalized spacial score (nSPS) is 12.6. The highest BCUT2D eigenvalue weighted by molar-refractivity contribution is 5.98. The summed E-state index contributed by atoms with van der Waals surface area (Å²) in [6.45, 7) is 7.71. The van der Waals surface area contributed by atoms with Crippen LogP contribution in [-0.2, 0) is 0 Å². The number of aliphatic hydroxyl groups is 1. The summed E-state index contributed by atoms with van der Waals surface area (Å²) in [5.74, 6) is 0.0552. The summed E-state index contributed by atoms with van der Waals surface area (Å²) in [6, 6.07) is 4.41. The molecule has 7 nitrogen and oxygen atoms in total. The monoisotopic (exact) mass is 324 g/mol. The van der Waals surface area contributed by atoms with Crippen LogP contribution in [0.1, 0.15) is 38.1 Å². The van der Waals surface area contributed by atoms with Crippen molar-refractivity contribution in [2.75, 3.05) is 18.5 Å². The van der Waals surface area contributed by atoms with Gasteiger partial charge in [0.05, 0.1) is 5.56 Å². The number of ether oxygens (including phenoxy) is 1. The summed E-state index contributed by atoms with van der Waals surface area (Å²) < 4.78 is 5.50. The van der Waals surface area contributed by atoms with Gasteiger partial charge in [-0.2, -0.15) is 0 Å². The van der Waals surface area contributed by atoms with E-state index in [0.29, 0.717) is 12.3 Å². The average molecular weight is 324 g/mol. The van der Waals surface area contributed by atoms with Gasteiger partial charge in [0.1, 0.15) is 18.5 Å². The number of carboxylic acid groups (broad SMARTS) is 1. The Labute approximate surface area is 135 Å². The number of hydrogen-bond acceptors (Lipinski definition) is 5. The highest BCUT2D eigenvalue weighted by Gasteiger charge is 2.15. The first-order valence-electron chi connectivity index (χ1n) is 7.29. The Balaban J connectivity index is 2.72. The lowest BCUT2D eigenvalue weighted by molar-refractivity contribution is 0.0950. The molecule has 23 heavy (non-hydrogen) atoms. The molecular weight excluding hydrogens is 300 g/mol. The first kappa shape index (κ1) is 18.9. The van der Waals surface area contributed by atoms with Crippen molar-refractivity contribution in [3.05, 3.63) is 23.8 Å². The van der Waals surface area contributed by atoms with E-state index in [1.165, 1.54) is 25.1 Å². The Morgan fingerprint density at radius 3 is 2.48 bits per heavy atom. The number of hydrogen-bond donors (Lipinski definition) is 4. The van der Waals surface area contributed by atoms with Gasteiger partial charge in [-0.05, 0) is 45.9 Å². The Kier molecular flexibility index (Phi) is 6.53. The molecule has 1 unspecified atom stereocenters. The highest BCUT2D eigenvalue weighted by Crippen LogP contribution is 2.23. The Bertz CT molecular complexity index is 566. The molecule has 128 valence electrons. The molecule has 0 aliphatic rings. The molecule has 1 aromatic rings. The summed E-state index contributed by atoms with van der Waals surface area (Å²) in [5.41, 5.74) is 0.424. The molecule has 0 aliphatic carbocycles. The molecule has 7 heteroatoms. The van der Waals surface area contributed by atoms with Crippen LogP contribution in [0.2, 0.25) is 0 Å². The largest absolute Gasteiger partial charge is 0.490 e. The van der Waals surface area contributed by atoms with E-state index in [4.69, 9.17) is 9.84 Å². The molecular formula is C16H24N2O5. The van der Waals surface area contributed by atoms with Gasteiger partial charge in [0, 0.05) is 17.8 Å². The number of β-amino-alcohol motifs (C(OH)–C–C–N with tert-alkyl or cyclic N) is 1. The number of amides is 1. The van der Waals surface area contributed by atoms with Crippen LogP contribution in [0, 0.1) is 0 Å². The van der Waals surface area contributed by atoms with Crippen LogP contribution in [0.3, 0.4) is 0 Å². The van der Waals surface area contributed by atoms with Crippen LogP contribution in [0.5, 0.6) is 5.75 Å². The van der Waals surface area contributed by atoms with Crippen LogP contribution in [-0.4, -0.2) is 46.9 Å². The summed E-state index contributed by atoms with van der Waals surface area (Å²) in [7, 11) is 0. The Morgan fingerprint density at radius 2 is 1.96 bits per heavy atom. The zero-order valence-electron chi connectivity index (χ0n) is 13.8. The molecule has 4 N–H and O–H groups in total. The van der Waals surface area contributed by atoms with E-state index in [1.54, 1.807) is 0 Å². The van der Waals surface area contributed by atoms with Gasteiger partial charge >= 0.3 is 6.09 Å². The molecule has 1 amide bonds. The number of Topliss-reactive ketones (excluding diaryl/α,β-unsaturated/α-hetero) is 1. The first-order valence-corrected chi connectivity index (χ1v) is 7.29. The second kappa shape index (κ2) is 7.94. The van der Waals surface area contributed by atoms with Crippen molar-refractivity contribution in [2.24, 2.45) is 0 Å². The van der Waals surface area contributed by atoms with Crippen molar-refractivity contribution < 1.29 is 24.5 Å². The van der Waals surface area contributed by atoms with Crippen molar-refractivity contribution in [3.63, 3.8) is 0 Å². The standard InChI is InChI=1S/C16H24N2O5/c1-10(19)13-7-11(18-15(21)22)5-6-14(13)23-9-12(20)8-17-16(2,3)4/h5-7,12,17-18,20H,8-9H2,1-4H3,(H,21,22). The maximum absolute atomic E-state index is 11.7. The number of benzene rings is 1. The van der Waals surface area contributed by atoms with Crippen molar-refractivity contribution in [3.8, 4) is 5.75 Å². The fraction of sp³-hybridized carbons (Fsp3) is 0.500. The van der Waals surface area contributed by atoms with Gasteiger partial charge in [-0.1, -0.05) is 0 Å². The highest BCUT2D eigenvalue weighted by atomic mass is 16.5. The number of carbonyl (C=O) groups excluding carboxylic acids is 1. The van der Waals surface area contributed by atoms with E-state index in [2.05, 4.69) is 10.6 Å². The SMILES string of the molecule is CC(=O)c1cc(NC(=O)O)ccc1OCC(O)CNC(C)(C)C. The van der Waals surface area contributed by atoms with Gasteiger partial charge in [-0.25, -0.2) is 4.79 Å². The fourth-order valence-corrected chi connectivity index (χ4v) is 1.80. The number of ketones is 1. The Hall–Kier alpha value is -2.12. The third-order valence-corrected chi connectivity index (χ3v) is 2.91. The molecule has 0 saturated carbocycles. The summed E-state index contributed by atoms with van der Waals surface area (Å²) in [6.07, 6.45) is -1.94. The maximum atomic E-state index is 11.7. The summed E-state index contributed by atoms with van der Waals surface area (Å²) in [4.78, 5) is 22.3. The minimum absolute atomic E-state index is 0.0229. The van der Waals surface area contributed by atoms with Crippen LogP contribution in [0.25, 0.3) is 0 Å². The molecule has 0 radical (unpaired) electrons. The predicted octanol–water partition coefficient (Wildman–Crippen LogP) is 2.11. The molecule has 1 rings (SSSR count). The van der Waals surface area contributed by atoms with Crippen molar-refractivity contribution >= 4 is 17.6 Å². The third kappa shape index (κ3) is 7.12. The van der Waals surface area contributed by atoms with Crippen LogP contribution in [0.15, 0.2) is 18.2 Å². The second-order valence-corrected chi connectivity index (χ2v) is 6.29. The maximum Gasteiger partial charge on any atom is 0.409 e. The van der Waals surface area contributed by atoms with Crippen LogP contribution >= 0.6 is 0 Å². The molecule has 0 fully saturated rings. The molecule has 1 atom stereocenters. The molecule has 0 aromatic heterocycles. The lowest BCUT2D eigenvalue weighted by atomic mass is 10.1. The van der Waals surface area contributed by atoms with Crippen LogP contribution in [0.4, 0.5) is 10.5 Å². The molecule has 0 saturated heterocycles. The second-order valence-electron chi connectivity index (χ2n) is 6.29. The van der Waals surface area contributed by atoms with Gasteiger partial charge in [-0.3, -0.25) is 10.1 Å². The number of carbonyl (C=O) groups is 2. The van der Waals surface area contributed by atoms with E-state index >= 15 is 0 Å². The lowest BCUT2D eigenvalue weighted by Gasteiger charge is -2.23. The number of rotatable bonds is 7. The fourth-order valence-electron chi connectivity index (χ4n) is 1.80. The van der Waals surface area contributed by atoms with Gasteiger partial charge in [0.15, 0.2) is 5.78 Å². The van der Waals surface area contributed by atoms with Crippen molar-refractivity contribution in [1.29, 1.82) is 0 Å². The van der Waals surface area contributed by atoms with Gasteiger partial charge in [0.2, 0.25) is 0 Å². The quantitative estimate of drug-likeness (QED) is 0.572. The lowest BCUT2D eigenvalue weighted by Crippen LogP contribution is -2.42. The number of nitrogens with one attached hydrogen (secondary N) is 2. The minimum Gasteiger partial charge on any atom is -0.490 e. The minimum atomic E-state index is -1.21. The number of aliphatic hydroxyl groups excluding tert-OH is 1. The van der Waals surface area contributed by atoms with E-state index < -0.39 is 12.2 Å². The zero-order chi connectivity index (χ0) is 17.6. The van der Waals surface area contributed by atoms with E-state index in [9.17, 15) is 14.7 Å². The van der Waals surface area contributed by atoms with E-state index in [0.717, 1.165) is 0 Å². The smallest absolute Gasteiger partial charge is 0.409 e. The average Bonchev–Trinajstić information content (AvgIpc) is 2.42. The molecule has 0 bridgehead atoms. The molecule has 0 heterocycles. The molecule has 0 spiro atoms. The Morgan fingerprint density at radius 1 is 1.30 bits per heavy atom. The summed E-state index contributed by atoms with van der Waals surface area (Å²) in [5, 5.41) is 23.9. The third-order valence-electron chi connectivity index (χ3n) is 2.91. The number of anilines is 1. The first-order chi connectivity index (χ1) is 10.6. The molecule has 0 aliphatic heterocycles. The van der Waals surface area contributed by atoms with Gasteiger partial charge < -0.3 is 20.3 Å². The summed E-state index contributed by atoms with van der Waals surface area (Å²) >= 11 is 0. The van der Waals surface area contributed by atoms with E-state index in [1.807, 2.05) is 20.8 Å². The van der Waals surface area contributed by atoms with E-state index in [-0.39, 0.29) is 29.2 Å². The van der Waals surface area contributed by atoms with Gasteiger partial charge in [-0.15, -0.1) is 0 Å². The zero-order valence-corrected chi connectivity index (χ0v) is 13.8. The predicted molar refractivity (Wildman–Crippen MR) is 87.4 cm³/mol. The topological polar surface area (TPSA) is 108 Å². The van der Waals surface area contributed by atoms with Crippen LogP contribution < -0.4 is 15.4 Å².